The van der Waals surface area contributed by atoms with Crippen molar-refractivity contribution in [3.05, 3.63) is 24.3 Å². The molecule has 0 unspecified atom stereocenters. The molecule has 0 aliphatic heterocycles. The summed E-state index contributed by atoms with van der Waals surface area (Å²) >= 11 is 0. The molecule has 1 aromatic carbocycles. The van der Waals surface area contributed by atoms with Crippen molar-refractivity contribution in [2.45, 2.75) is 20.3 Å². The number of hydrogen-bond acceptors (Lipinski definition) is 4. The number of benzene rings is 1. The van der Waals surface area contributed by atoms with Gasteiger partial charge < -0.3 is 14.8 Å². The fourth-order valence-corrected chi connectivity index (χ4v) is 1.89. The topological polar surface area (TPSA) is 64.6 Å². The van der Waals surface area contributed by atoms with Crippen LogP contribution in [0.2, 0.25) is 0 Å². The van der Waals surface area contributed by atoms with Crippen molar-refractivity contribution in [3.63, 3.8) is 0 Å². The highest BCUT2D eigenvalue weighted by molar-refractivity contribution is 5.93. The van der Waals surface area contributed by atoms with E-state index in [1.54, 1.807) is 24.3 Å². The van der Waals surface area contributed by atoms with Gasteiger partial charge in [0.15, 0.2) is 6.61 Å². The average Bonchev–Trinajstić information content (AvgIpc) is 3.16. The lowest BCUT2D eigenvalue weighted by atomic mass is 10.3. The van der Waals surface area contributed by atoms with Gasteiger partial charge in [0.25, 0.3) is 5.91 Å². The Hall–Kier alpha value is -2.04. The molecule has 1 amide bonds. The molecule has 108 valence electrons. The highest BCUT2D eigenvalue weighted by Crippen LogP contribution is 2.38. The molecule has 0 aromatic heterocycles. The Balaban J connectivity index is 1.74. The van der Waals surface area contributed by atoms with Gasteiger partial charge in [-0.25, -0.2) is 0 Å². The number of esters is 1. The number of ether oxygens (including phenoxy) is 2. The molecule has 5 heteroatoms. The van der Waals surface area contributed by atoms with E-state index in [9.17, 15) is 9.59 Å². The molecule has 1 saturated carbocycles. The summed E-state index contributed by atoms with van der Waals surface area (Å²) < 4.78 is 10.3. The summed E-state index contributed by atoms with van der Waals surface area (Å²) in [7, 11) is 0. The fourth-order valence-electron chi connectivity index (χ4n) is 1.89. The first-order valence-corrected chi connectivity index (χ1v) is 6.79. The number of amides is 1. The molecule has 1 fully saturated rings. The lowest BCUT2D eigenvalue weighted by molar-refractivity contribution is -0.148. The van der Waals surface area contributed by atoms with Crippen LogP contribution >= 0.6 is 0 Å². The van der Waals surface area contributed by atoms with E-state index < -0.39 is 0 Å². The van der Waals surface area contributed by atoms with Crippen LogP contribution in [0.4, 0.5) is 5.69 Å². The summed E-state index contributed by atoms with van der Waals surface area (Å²) in [6.45, 7) is 4.26. The highest BCUT2D eigenvalue weighted by atomic mass is 16.5. The van der Waals surface area contributed by atoms with E-state index in [-0.39, 0.29) is 24.4 Å². The SMILES string of the molecule is CCOc1ccc(NC(=O)COC(=O)[C@@H]2C[C@@H]2C)cc1. The van der Waals surface area contributed by atoms with E-state index in [4.69, 9.17) is 9.47 Å². The summed E-state index contributed by atoms with van der Waals surface area (Å²) in [6.07, 6.45) is 0.860. The summed E-state index contributed by atoms with van der Waals surface area (Å²) in [5.74, 6) is 0.500. The third-order valence-electron chi connectivity index (χ3n) is 3.21. The van der Waals surface area contributed by atoms with E-state index in [0.29, 0.717) is 18.2 Å². The Morgan fingerprint density at radius 2 is 1.95 bits per heavy atom. The van der Waals surface area contributed by atoms with Gasteiger partial charge >= 0.3 is 5.97 Å². The van der Waals surface area contributed by atoms with Crippen molar-refractivity contribution in [1.29, 1.82) is 0 Å². The molecule has 1 aliphatic carbocycles. The van der Waals surface area contributed by atoms with E-state index in [0.717, 1.165) is 12.2 Å². The van der Waals surface area contributed by atoms with Gasteiger partial charge in [-0.1, -0.05) is 6.92 Å². The summed E-state index contributed by atoms with van der Waals surface area (Å²) in [5.41, 5.74) is 0.647. The highest BCUT2D eigenvalue weighted by Gasteiger charge is 2.40. The summed E-state index contributed by atoms with van der Waals surface area (Å²) in [4.78, 5) is 23.1. The van der Waals surface area contributed by atoms with Gasteiger partial charge in [-0.15, -0.1) is 0 Å². The number of carbonyl (C=O) groups excluding carboxylic acids is 2. The maximum Gasteiger partial charge on any atom is 0.309 e. The average molecular weight is 277 g/mol. The molecular formula is C15H19NO4. The van der Waals surface area contributed by atoms with Crippen LogP contribution in [0.25, 0.3) is 0 Å². The van der Waals surface area contributed by atoms with Crippen LogP contribution in [0.1, 0.15) is 20.3 Å². The number of anilines is 1. The number of hydrogen-bond donors (Lipinski definition) is 1. The molecule has 1 N–H and O–H groups in total. The molecule has 0 bridgehead atoms. The first-order valence-electron chi connectivity index (χ1n) is 6.79. The van der Waals surface area contributed by atoms with E-state index in [1.807, 2.05) is 13.8 Å². The Kier molecular flexibility index (Phi) is 4.61. The molecule has 0 saturated heterocycles. The molecule has 0 heterocycles. The lowest BCUT2D eigenvalue weighted by Gasteiger charge is -2.07. The van der Waals surface area contributed by atoms with Gasteiger partial charge in [0, 0.05) is 5.69 Å². The van der Waals surface area contributed by atoms with Crippen LogP contribution in [-0.4, -0.2) is 25.1 Å². The van der Waals surface area contributed by atoms with Gasteiger partial charge in [-0.2, -0.15) is 0 Å². The minimum Gasteiger partial charge on any atom is -0.494 e. The van der Waals surface area contributed by atoms with Gasteiger partial charge in [-0.05, 0) is 43.5 Å². The Morgan fingerprint density at radius 1 is 1.30 bits per heavy atom. The maximum absolute atomic E-state index is 11.6. The van der Waals surface area contributed by atoms with E-state index >= 15 is 0 Å². The van der Waals surface area contributed by atoms with Crippen LogP contribution in [0, 0.1) is 11.8 Å². The van der Waals surface area contributed by atoms with Crippen molar-refractivity contribution < 1.29 is 19.1 Å². The maximum atomic E-state index is 11.6. The van der Waals surface area contributed by atoms with Gasteiger partial charge in [0.05, 0.1) is 12.5 Å². The Bertz CT molecular complexity index is 483. The molecule has 2 atom stereocenters. The van der Waals surface area contributed by atoms with Crippen molar-refractivity contribution in [2.24, 2.45) is 11.8 Å². The van der Waals surface area contributed by atoms with Crippen molar-refractivity contribution >= 4 is 17.6 Å². The molecule has 5 nitrogen and oxygen atoms in total. The summed E-state index contributed by atoms with van der Waals surface area (Å²) in [5, 5.41) is 2.67. The molecule has 0 spiro atoms. The molecule has 0 radical (unpaired) electrons. The third kappa shape index (κ3) is 3.98. The van der Waals surface area contributed by atoms with Crippen LogP contribution < -0.4 is 10.1 Å². The Morgan fingerprint density at radius 3 is 2.50 bits per heavy atom. The molecule has 1 aliphatic rings. The van der Waals surface area contributed by atoms with Gasteiger partial charge in [0.1, 0.15) is 5.75 Å². The van der Waals surface area contributed by atoms with E-state index in [2.05, 4.69) is 5.32 Å². The standard InChI is InChI=1S/C15H19NO4/c1-3-19-12-6-4-11(5-7-12)16-14(17)9-20-15(18)13-8-10(13)2/h4-7,10,13H,3,8-9H2,1-2H3,(H,16,17)/t10-,13+/m0/s1. The molecule has 2 rings (SSSR count). The number of carbonyl (C=O) groups is 2. The largest absolute Gasteiger partial charge is 0.494 e. The second-order valence-electron chi connectivity index (χ2n) is 4.93. The van der Waals surface area contributed by atoms with E-state index in [1.165, 1.54) is 0 Å². The monoisotopic (exact) mass is 277 g/mol. The molecular weight excluding hydrogens is 258 g/mol. The zero-order chi connectivity index (χ0) is 14.5. The fraction of sp³-hybridized carbons (Fsp3) is 0.467. The van der Waals surface area contributed by atoms with Crippen LogP contribution in [-0.2, 0) is 14.3 Å². The first-order chi connectivity index (χ1) is 9.60. The zero-order valence-electron chi connectivity index (χ0n) is 11.7. The summed E-state index contributed by atoms with van der Waals surface area (Å²) in [6, 6.07) is 7.04. The van der Waals surface area contributed by atoms with Crippen molar-refractivity contribution in [1.82, 2.24) is 0 Å². The van der Waals surface area contributed by atoms with Crippen LogP contribution in [0.3, 0.4) is 0 Å². The first kappa shape index (κ1) is 14.4. The lowest BCUT2D eigenvalue weighted by Crippen LogP contribution is -2.21. The predicted octanol–water partition coefficient (Wildman–Crippen LogP) is 2.22. The van der Waals surface area contributed by atoms with Crippen molar-refractivity contribution in [2.75, 3.05) is 18.5 Å². The second kappa shape index (κ2) is 6.41. The Labute approximate surface area is 118 Å². The normalized spacial score (nSPS) is 20.1. The number of rotatable bonds is 6. The zero-order valence-corrected chi connectivity index (χ0v) is 11.7. The molecule has 1 aromatic rings. The molecule has 20 heavy (non-hydrogen) atoms. The van der Waals surface area contributed by atoms with Crippen molar-refractivity contribution in [3.8, 4) is 5.75 Å². The third-order valence-corrected chi connectivity index (χ3v) is 3.21. The smallest absolute Gasteiger partial charge is 0.309 e. The minimum atomic E-state index is -0.337. The van der Waals surface area contributed by atoms with Crippen LogP contribution in [0.15, 0.2) is 24.3 Å². The quantitative estimate of drug-likeness (QED) is 0.810. The van der Waals surface area contributed by atoms with Gasteiger partial charge in [-0.3, -0.25) is 9.59 Å². The number of nitrogens with one attached hydrogen (secondary N) is 1. The van der Waals surface area contributed by atoms with Gasteiger partial charge in [0.2, 0.25) is 0 Å². The van der Waals surface area contributed by atoms with Crippen LogP contribution in [0.5, 0.6) is 5.75 Å². The second-order valence-corrected chi connectivity index (χ2v) is 4.93. The minimum absolute atomic E-state index is 0.0201. The predicted molar refractivity (Wildman–Crippen MR) is 74.5 cm³/mol.